The van der Waals surface area contributed by atoms with Crippen molar-refractivity contribution in [3.8, 4) is 0 Å². The van der Waals surface area contributed by atoms with Crippen LogP contribution >= 0.6 is 0 Å². The third kappa shape index (κ3) is 2.93. The van der Waals surface area contributed by atoms with E-state index in [2.05, 4.69) is 10.3 Å². The number of aryl methyl sites for hydroxylation is 1. The summed E-state index contributed by atoms with van der Waals surface area (Å²) in [6, 6.07) is 3.18. The number of pyridine rings is 1. The molecule has 2 rings (SSSR count). The predicted molar refractivity (Wildman–Crippen MR) is 66.1 cm³/mol. The first-order chi connectivity index (χ1) is 8.16. The van der Waals surface area contributed by atoms with Gasteiger partial charge in [-0.3, -0.25) is 10.1 Å². The van der Waals surface area contributed by atoms with E-state index in [-0.39, 0.29) is 5.69 Å². The van der Waals surface area contributed by atoms with Gasteiger partial charge in [-0.1, -0.05) is 19.3 Å². The molecular weight excluding hydrogens is 218 g/mol. The average molecular weight is 235 g/mol. The van der Waals surface area contributed by atoms with Gasteiger partial charge in [0.25, 0.3) is 5.69 Å². The van der Waals surface area contributed by atoms with Gasteiger partial charge in [-0.2, -0.15) is 0 Å². The molecule has 0 atom stereocenters. The molecule has 0 radical (unpaired) electrons. The maximum absolute atomic E-state index is 10.6. The van der Waals surface area contributed by atoms with Gasteiger partial charge >= 0.3 is 0 Å². The van der Waals surface area contributed by atoms with Crippen LogP contribution in [-0.2, 0) is 0 Å². The van der Waals surface area contributed by atoms with Crippen molar-refractivity contribution >= 4 is 11.5 Å². The van der Waals surface area contributed by atoms with Crippen LogP contribution in [0.3, 0.4) is 0 Å². The number of nitro groups is 1. The molecule has 1 aliphatic carbocycles. The molecule has 1 fully saturated rings. The lowest BCUT2D eigenvalue weighted by atomic mass is 9.83. The van der Waals surface area contributed by atoms with Crippen LogP contribution in [0.1, 0.15) is 31.4 Å². The molecule has 1 N–H and O–H groups in total. The van der Waals surface area contributed by atoms with Gasteiger partial charge in [-0.15, -0.1) is 0 Å². The van der Waals surface area contributed by atoms with Crippen LogP contribution in [0.5, 0.6) is 0 Å². The van der Waals surface area contributed by atoms with Crippen LogP contribution in [0.2, 0.25) is 0 Å². The van der Waals surface area contributed by atoms with E-state index in [1.807, 2.05) is 0 Å². The van der Waals surface area contributed by atoms with Crippen LogP contribution in [0.25, 0.3) is 0 Å². The third-order valence-electron chi connectivity index (χ3n) is 3.34. The van der Waals surface area contributed by atoms with Crippen LogP contribution in [0.15, 0.2) is 12.1 Å². The Balaban J connectivity index is 1.88. The summed E-state index contributed by atoms with van der Waals surface area (Å²) in [6.45, 7) is 2.56. The van der Waals surface area contributed by atoms with Crippen molar-refractivity contribution in [2.75, 3.05) is 11.9 Å². The topological polar surface area (TPSA) is 68.1 Å². The summed E-state index contributed by atoms with van der Waals surface area (Å²) in [7, 11) is 0. The molecule has 1 heterocycles. The molecule has 0 spiro atoms. The van der Waals surface area contributed by atoms with Crippen LogP contribution in [-0.4, -0.2) is 16.5 Å². The summed E-state index contributed by atoms with van der Waals surface area (Å²) < 4.78 is 0. The molecule has 1 aromatic heterocycles. The molecule has 5 nitrogen and oxygen atoms in total. The molecule has 0 aliphatic heterocycles. The summed E-state index contributed by atoms with van der Waals surface area (Å²) in [5.41, 5.74) is 0.540. The molecule has 5 heteroatoms. The van der Waals surface area contributed by atoms with Crippen molar-refractivity contribution in [3.05, 3.63) is 27.9 Å². The van der Waals surface area contributed by atoms with Crippen molar-refractivity contribution < 1.29 is 4.92 Å². The molecule has 0 amide bonds. The summed E-state index contributed by atoms with van der Waals surface area (Å²) in [5.74, 6) is 1.59. The van der Waals surface area contributed by atoms with E-state index in [1.165, 1.54) is 25.3 Å². The highest BCUT2D eigenvalue weighted by atomic mass is 16.6. The van der Waals surface area contributed by atoms with E-state index >= 15 is 0 Å². The number of anilines is 1. The van der Waals surface area contributed by atoms with E-state index in [9.17, 15) is 10.1 Å². The zero-order valence-electron chi connectivity index (χ0n) is 9.98. The molecule has 17 heavy (non-hydrogen) atoms. The van der Waals surface area contributed by atoms with Crippen molar-refractivity contribution in [2.24, 2.45) is 5.92 Å². The second kappa shape index (κ2) is 5.12. The van der Waals surface area contributed by atoms with Crippen molar-refractivity contribution in [3.63, 3.8) is 0 Å². The van der Waals surface area contributed by atoms with Crippen molar-refractivity contribution in [1.82, 2.24) is 4.98 Å². The highest BCUT2D eigenvalue weighted by Crippen LogP contribution is 2.29. The molecule has 0 bridgehead atoms. The number of nitrogens with one attached hydrogen (secondary N) is 1. The van der Waals surface area contributed by atoms with Gasteiger partial charge in [-0.25, -0.2) is 4.98 Å². The second-order valence-corrected chi connectivity index (χ2v) is 4.57. The Morgan fingerprint density at radius 1 is 1.53 bits per heavy atom. The largest absolute Gasteiger partial charge is 0.370 e. The van der Waals surface area contributed by atoms with Crippen molar-refractivity contribution in [2.45, 2.75) is 32.6 Å². The fourth-order valence-electron chi connectivity index (χ4n) is 2.03. The lowest BCUT2D eigenvalue weighted by Crippen LogP contribution is -2.16. The maximum atomic E-state index is 10.6. The molecule has 1 aromatic rings. The summed E-state index contributed by atoms with van der Waals surface area (Å²) >= 11 is 0. The standard InChI is InChI=1S/C12H17N3O2/c1-9-11(15(16)17)5-6-12(14-9)13-8-7-10-3-2-4-10/h5-6,10H,2-4,7-8H2,1H3,(H,13,14). The van der Waals surface area contributed by atoms with E-state index in [0.717, 1.165) is 24.7 Å². The lowest BCUT2D eigenvalue weighted by molar-refractivity contribution is -0.385. The van der Waals surface area contributed by atoms with E-state index in [4.69, 9.17) is 0 Å². The quantitative estimate of drug-likeness (QED) is 0.629. The van der Waals surface area contributed by atoms with Gasteiger partial charge in [0.1, 0.15) is 11.5 Å². The smallest absolute Gasteiger partial charge is 0.290 e. The fourth-order valence-corrected chi connectivity index (χ4v) is 2.03. The first-order valence-electron chi connectivity index (χ1n) is 6.02. The number of nitrogens with zero attached hydrogens (tertiary/aromatic N) is 2. The summed E-state index contributed by atoms with van der Waals surface area (Å²) in [4.78, 5) is 14.4. The molecule has 0 unspecified atom stereocenters. The van der Waals surface area contributed by atoms with Gasteiger partial charge in [0.05, 0.1) is 4.92 Å². The summed E-state index contributed by atoms with van der Waals surface area (Å²) in [6.07, 6.45) is 5.21. The average Bonchev–Trinajstić information content (AvgIpc) is 2.21. The summed E-state index contributed by atoms with van der Waals surface area (Å²) in [5, 5.41) is 13.8. The fraction of sp³-hybridized carbons (Fsp3) is 0.583. The van der Waals surface area contributed by atoms with E-state index < -0.39 is 4.92 Å². The highest BCUT2D eigenvalue weighted by Gasteiger charge is 2.16. The molecule has 1 aliphatic rings. The Kier molecular flexibility index (Phi) is 3.56. The molecule has 0 aromatic carbocycles. The Hall–Kier alpha value is -1.65. The van der Waals surface area contributed by atoms with Crippen LogP contribution < -0.4 is 5.32 Å². The zero-order chi connectivity index (χ0) is 12.3. The molecule has 0 saturated heterocycles. The molecule has 92 valence electrons. The number of aromatic nitrogens is 1. The minimum atomic E-state index is -0.402. The minimum Gasteiger partial charge on any atom is -0.370 e. The van der Waals surface area contributed by atoms with Crippen LogP contribution in [0.4, 0.5) is 11.5 Å². The Morgan fingerprint density at radius 3 is 2.82 bits per heavy atom. The van der Waals surface area contributed by atoms with Gasteiger partial charge in [0.15, 0.2) is 0 Å². The second-order valence-electron chi connectivity index (χ2n) is 4.57. The van der Waals surface area contributed by atoms with Gasteiger partial charge in [0.2, 0.25) is 0 Å². The zero-order valence-corrected chi connectivity index (χ0v) is 9.98. The lowest BCUT2D eigenvalue weighted by Gasteiger charge is -2.25. The van der Waals surface area contributed by atoms with Gasteiger partial charge in [-0.05, 0) is 25.3 Å². The number of hydrogen-bond acceptors (Lipinski definition) is 4. The highest BCUT2D eigenvalue weighted by molar-refractivity contribution is 5.44. The first kappa shape index (κ1) is 11.8. The number of hydrogen-bond donors (Lipinski definition) is 1. The normalized spacial score (nSPS) is 15.4. The Bertz CT molecular complexity index is 416. The maximum Gasteiger partial charge on any atom is 0.290 e. The SMILES string of the molecule is Cc1nc(NCCC2CCC2)ccc1[N+](=O)[O-]. The van der Waals surface area contributed by atoms with Crippen molar-refractivity contribution in [1.29, 1.82) is 0 Å². The van der Waals surface area contributed by atoms with Gasteiger partial charge < -0.3 is 5.32 Å². The van der Waals surface area contributed by atoms with E-state index in [0.29, 0.717) is 5.69 Å². The Morgan fingerprint density at radius 2 is 2.29 bits per heavy atom. The number of rotatable bonds is 5. The molecule has 1 saturated carbocycles. The molecular formula is C12H17N3O2. The predicted octanol–water partition coefficient (Wildman–Crippen LogP) is 2.90. The van der Waals surface area contributed by atoms with Crippen LogP contribution in [0, 0.1) is 23.0 Å². The Labute approximate surface area is 100 Å². The van der Waals surface area contributed by atoms with E-state index in [1.54, 1.807) is 13.0 Å². The third-order valence-corrected chi connectivity index (χ3v) is 3.34. The first-order valence-corrected chi connectivity index (χ1v) is 6.02. The minimum absolute atomic E-state index is 0.0783. The monoisotopic (exact) mass is 235 g/mol. The van der Waals surface area contributed by atoms with Gasteiger partial charge in [0, 0.05) is 12.6 Å².